The third-order valence-corrected chi connectivity index (χ3v) is 2.25. The summed E-state index contributed by atoms with van der Waals surface area (Å²) < 4.78 is 5.43. The molecule has 4 nitrogen and oxygen atoms in total. The average Bonchev–Trinajstić information content (AvgIpc) is 2.29. The Hall–Kier alpha value is -1.84. The summed E-state index contributed by atoms with van der Waals surface area (Å²) in [6.45, 7) is 2.73. The van der Waals surface area contributed by atoms with Crippen molar-refractivity contribution in [3.63, 3.8) is 0 Å². The predicted octanol–water partition coefficient (Wildman–Crippen LogP) is 2.52. The van der Waals surface area contributed by atoms with Crippen LogP contribution in [0, 0.1) is 0 Å². The molecule has 1 N–H and O–H groups in total. The minimum atomic E-state index is -1.11. The van der Waals surface area contributed by atoms with Crippen molar-refractivity contribution in [2.45, 2.75) is 26.2 Å². The Morgan fingerprint density at radius 2 is 1.88 bits per heavy atom. The van der Waals surface area contributed by atoms with Gasteiger partial charge in [0, 0.05) is 5.56 Å². The van der Waals surface area contributed by atoms with Crippen LogP contribution in [0.2, 0.25) is 0 Å². The number of hydrogen-bond acceptors (Lipinski definition) is 3. The summed E-state index contributed by atoms with van der Waals surface area (Å²) in [6, 6.07) is 6.55. The molecule has 0 unspecified atom stereocenters. The van der Waals surface area contributed by atoms with Crippen molar-refractivity contribution in [3.8, 4) is 5.75 Å². The van der Waals surface area contributed by atoms with Crippen LogP contribution in [0.5, 0.6) is 5.75 Å². The molecule has 0 heterocycles. The highest BCUT2D eigenvalue weighted by molar-refractivity contribution is 6.05. The standard InChI is InChI=1S/C13H16O4/c1-2-3-8-17-11-6-4-10(5-7-11)12(14)9-13(15)16/h4-7H,2-3,8-9H2,1H3,(H,15,16). The first-order chi connectivity index (χ1) is 8.13. The van der Waals surface area contributed by atoms with Gasteiger partial charge in [-0.2, -0.15) is 0 Å². The zero-order chi connectivity index (χ0) is 12.7. The summed E-state index contributed by atoms with van der Waals surface area (Å²) in [6.07, 6.45) is 1.57. The van der Waals surface area contributed by atoms with Gasteiger partial charge < -0.3 is 9.84 Å². The Morgan fingerprint density at radius 1 is 1.24 bits per heavy atom. The van der Waals surface area contributed by atoms with Crippen LogP contribution < -0.4 is 4.74 Å². The van der Waals surface area contributed by atoms with Gasteiger partial charge in [-0.05, 0) is 30.7 Å². The summed E-state index contributed by atoms with van der Waals surface area (Å²) in [5.74, 6) is -0.804. The molecule has 0 radical (unpaired) electrons. The number of Topliss-reactive ketones (excluding diaryl/α,β-unsaturated/α-hetero) is 1. The number of benzene rings is 1. The molecule has 0 saturated carbocycles. The predicted molar refractivity (Wildman–Crippen MR) is 63.4 cm³/mol. The molecule has 92 valence electrons. The van der Waals surface area contributed by atoms with Gasteiger partial charge in [-0.25, -0.2) is 0 Å². The van der Waals surface area contributed by atoms with E-state index in [2.05, 4.69) is 6.92 Å². The van der Waals surface area contributed by atoms with Crippen LogP contribution in [0.25, 0.3) is 0 Å². The smallest absolute Gasteiger partial charge is 0.311 e. The van der Waals surface area contributed by atoms with Crippen LogP contribution >= 0.6 is 0 Å². The number of carbonyl (C=O) groups excluding carboxylic acids is 1. The van der Waals surface area contributed by atoms with Crippen molar-refractivity contribution in [2.24, 2.45) is 0 Å². The van der Waals surface area contributed by atoms with Gasteiger partial charge in [0.05, 0.1) is 6.61 Å². The molecular weight excluding hydrogens is 220 g/mol. The molecule has 1 rings (SSSR count). The van der Waals surface area contributed by atoms with Crippen molar-refractivity contribution in [1.82, 2.24) is 0 Å². The molecule has 17 heavy (non-hydrogen) atoms. The van der Waals surface area contributed by atoms with E-state index in [9.17, 15) is 9.59 Å². The van der Waals surface area contributed by atoms with E-state index in [1.807, 2.05) is 0 Å². The van der Waals surface area contributed by atoms with Crippen molar-refractivity contribution >= 4 is 11.8 Å². The number of ketones is 1. The van der Waals surface area contributed by atoms with Crippen LogP contribution in [0.4, 0.5) is 0 Å². The molecule has 0 aliphatic heterocycles. The topological polar surface area (TPSA) is 63.6 Å². The van der Waals surface area contributed by atoms with Gasteiger partial charge in [0.25, 0.3) is 0 Å². The number of unbranched alkanes of at least 4 members (excludes halogenated alkanes) is 1. The number of ether oxygens (including phenoxy) is 1. The Kier molecular flexibility index (Phi) is 5.20. The second-order valence-electron chi connectivity index (χ2n) is 3.72. The fourth-order valence-corrected chi connectivity index (χ4v) is 1.31. The summed E-state index contributed by atoms with van der Waals surface area (Å²) >= 11 is 0. The van der Waals surface area contributed by atoms with Gasteiger partial charge in [-0.3, -0.25) is 9.59 Å². The number of aliphatic carboxylic acids is 1. The molecule has 0 aliphatic rings. The lowest BCUT2D eigenvalue weighted by atomic mass is 10.1. The van der Waals surface area contributed by atoms with E-state index in [1.165, 1.54) is 0 Å². The Balaban J connectivity index is 2.55. The van der Waals surface area contributed by atoms with Crippen LogP contribution in [-0.4, -0.2) is 23.5 Å². The minimum Gasteiger partial charge on any atom is -0.494 e. The van der Waals surface area contributed by atoms with Crippen molar-refractivity contribution < 1.29 is 19.4 Å². The summed E-state index contributed by atoms with van der Waals surface area (Å²) in [5.41, 5.74) is 0.398. The Bertz CT molecular complexity index is 381. The molecule has 0 atom stereocenters. The molecule has 0 spiro atoms. The molecule has 0 aromatic heterocycles. The van der Waals surface area contributed by atoms with Crippen LogP contribution in [0.15, 0.2) is 24.3 Å². The third-order valence-electron chi connectivity index (χ3n) is 2.25. The van der Waals surface area contributed by atoms with Gasteiger partial charge in [0.2, 0.25) is 0 Å². The molecule has 0 saturated heterocycles. The van der Waals surface area contributed by atoms with Gasteiger partial charge in [0.1, 0.15) is 12.2 Å². The average molecular weight is 236 g/mol. The molecule has 0 fully saturated rings. The number of carboxylic acid groups (broad SMARTS) is 1. The molecule has 4 heteroatoms. The van der Waals surface area contributed by atoms with E-state index in [-0.39, 0.29) is 0 Å². The normalized spacial score (nSPS) is 9.94. The van der Waals surface area contributed by atoms with E-state index >= 15 is 0 Å². The molecular formula is C13H16O4. The number of carbonyl (C=O) groups is 2. The highest BCUT2D eigenvalue weighted by atomic mass is 16.5. The first-order valence-corrected chi connectivity index (χ1v) is 5.61. The molecule has 0 amide bonds. The maximum Gasteiger partial charge on any atom is 0.311 e. The highest BCUT2D eigenvalue weighted by Gasteiger charge is 2.10. The van der Waals surface area contributed by atoms with Crippen LogP contribution in [-0.2, 0) is 4.79 Å². The molecule has 1 aromatic carbocycles. The van der Waals surface area contributed by atoms with E-state index in [1.54, 1.807) is 24.3 Å². The van der Waals surface area contributed by atoms with E-state index in [4.69, 9.17) is 9.84 Å². The SMILES string of the molecule is CCCCOc1ccc(C(=O)CC(=O)O)cc1. The Labute approximate surface area is 100 Å². The summed E-state index contributed by atoms with van der Waals surface area (Å²) in [5, 5.41) is 8.50. The zero-order valence-electron chi connectivity index (χ0n) is 9.81. The van der Waals surface area contributed by atoms with Crippen LogP contribution in [0.3, 0.4) is 0 Å². The minimum absolute atomic E-state index is 0.391. The maximum absolute atomic E-state index is 11.4. The quantitative estimate of drug-likeness (QED) is 0.449. The lowest BCUT2D eigenvalue weighted by Gasteiger charge is -2.05. The van der Waals surface area contributed by atoms with Crippen molar-refractivity contribution in [3.05, 3.63) is 29.8 Å². The summed E-state index contributed by atoms with van der Waals surface area (Å²) in [7, 11) is 0. The highest BCUT2D eigenvalue weighted by Crippen LogP contribution is 2.13. The maximum atomic E-state index is 11.4. The van der Waals surface area contributed by atoms with E-state index in [0.29, 0.717) is 17.9 Å². The van der Waals surface area contributed by atoms with E-state index < -0.39 is 18.2 Å². The lowest BCUT2D eigenvalue weighted by Crippen LogP contribution is -2.06. The summed E-state index contributed by atoms with van der Waals surface area (Å²) in [4.78, 5) is 21.8. The van der Waals surface area contributed by atoms with Crippen LogP contribution in [0.1, 0.15) is 36.5 Å². The van der Waals surface area contributed by atoms with Crippen molar-refractivity contribution in [2.75, 3.05) is 6.61 Å². The fraction of sp³-hybridized carbons (Fsp3) is 0.385. The van der Waals surface area contributed by atoms with Gasteiger partial charge in [-0.1, -0.05) is 13.3 Å². The zero-order valence-corrected chi connectivity index (χ0v) is 9.81. The second-order valence-corrected chi connectivity index (χ2v) is 3.72. The van der Waals surface area contributed by atoms with E-state index in [0.717, 1.165) is 12.8 Å². The first kappa shape index (κ1) is 13.2. The largest absolute Gasteiger partial charge is 0.494 e. The fourth-order valence-electron chi connectivity index (χ4n) is 1.31. The van der Waals surface area contributed by atoms with Gasteiger partial charge in [0.15, 0.2) is 5.78 Å². The second kappa shape index (κ2) is 6.68. The Morgan fingerprint density at radius 3 is 2.41 bits per heavy atom. The monoisotopic (exact) mass is 236 g/mol. The molecule has 0 aliphatic carbocycles. The van der Waals surface area contributed by atoms with Crippen molar-refractivity contribution in [1.29, 1.82) is 0 Å². The lowest BCUT2D eigenvalue weighted by molar-refractivity contribution is -0.135. The first-order valence-electron chi connectivity index (χ1n) is 5.61. The number of carboxylic acids is 1. The third kappa shape index (κ3) is 4.68. The molecule has 1 aromatic rings. The van der Waals surface area contributed by atoms with Gasteiger partial charge >= 0.3 is 5.97 Å². The molecule has 0 bridgehead atoms. The number of hydrogen-bond donors (Lipinski definition) is 1. The van der Waals surface area contributed by atoms with Gasteiger partial charge in [-0.15, -0.1) is 0 Å². The number of rotatable bonds is 7.